The van der Waals surface area contributed by atoms with Crippen molar-refractivity contribution in [1.82, 2.24) is 5.32 Å². The molecule has 0 bridgehead atoms. The van der Waals surface area contributed by atoms with Gasteiger partial charge < -0.3 is 14.8 Å². The van der Waals surface area contributed by atoms with Gasteiger partial charge in [0, 0.05) is 17.5 Å². The fourth-order valence-corrected chi connectivity index (χ4v) is 2.58. The molecule has 15 heavy (non-hydrogen) atoms. The predicted molar refractivity (Wildman–Crippen MR) is 61.0 cm³/mol. The largest absolute Gasteiger partial charge is 0.349 e. The number of ether oxygens (including phenoxy) is 2. The fourth-order valence-electron chi connectivity index (χ4n) is 1.70. The van der Waals surface area contributed by atoms with E-state index in [1.54, 1.807) is 11.3 Å². The van der Waals surface area contributed by atoms with E-state index in [0.717, 1.165) is 26.2 Å². The molecule has 2 rings (SSSR count). The molecule has 0 unspecified atom stereocenters. The van der Waals surface area contributed by atoms with Crippen LogP contribution in [0.5, 0.6) is 0 Å². The minimum atomic E-state index is -0.0565. The molecular formula is C11H17NO2S. The lowest BCUT2D eigenvalue weighted by atomic mass is 10.2. The summed E-state index contributed by atoms with van der Waals surface area (Å²) in [5.74, 6) is 0. The second-order valence-corrected chi connectivity index (χ2v) is 4.53. The van der Waals surface area contributed by atoms with Gasteiger partial charge in [0.05, 0.1) is 13.2 Å². The highest BCUT2D eigenvalue weighted by molar-refractivity contribution is 7.10. The summed E-state index contributed by atoms with van der Waals surface area (Å²) in [5.41, 5.74) is 0. The molecule has 1 aliphatic rings. The molecule has 2 heterocycles. The third-order valence-electron chi connectivity index (χ3n) is 2.52. The van der Waals surface area contributed by atoms with Crippen LogP contribution in [-0.2, 0) is 9.47 Å². The van der Waals surface area contributed by atoms with E-state index in [1.807, 2.05) is 0 Å². The van der Waals surface area contributed by atoms with Crippen LogP contribution < -0.4 is 5.32 Å². The van der Waals surface area contributed by atoms with E-state index in [-0.39, 0.29) is 6.29 Å². The summed E-state index contributed by atoms with van der Waals surface area (Å²) in [6, 6.07) is 4.69. The van der Waals surface area contributed by atoms with E-state index >= 15 is 0 Å². The Labute approximate surface area is 94.4 Å². The summed E-state index contributed by atoms with van der Waals surface area (Å²) < 4.78 is 10.8. The number of hydrogen-bond donors (Lipinski definition) is 1. The van der Waals surface area contributed by atoms with Crippen molar-refractivity contribution in [2.24, 2.45) is 0 Å². The van der Waals surface area contributed by atoms with Crippen LogP contribution in [0.3, 0.4) is 0 Å². The molecule has 4 heteroatoms. The lowest BCUT2D eigenvalue weighted by molar-refractivity contribution is -0.0406. The van der Waals surface area contributed by atoms with Crippen molar-refractivity contribution in [3.8, 4) is 0 Å². The van der Waals surface area contributed by atoms with Crippen LogP contribution in [0.1, 0.15) is 24.3 Å². The molecule has 0 saturated carbocycles. The first kappa shape index (κ1) is 11.1. The van der Waals surface area contributed by atoms with Crippen LogP contribution in [0.2, 0.25) is 0 Å². The zero-order valence-electron chi connectivity index (χ0n) is 8.94. The number of hydrogen-bond acceptors (Lipinski definition) is 4. The van der Waals surface area contributed by atoms with Crippen LogP contribution >= 0.6 is 11.3 Å². The van der Waals surface area contributed by atoms with Gasteiger partial charge in [0.25, 0.3) is 0 Å². The third-order valence-corrected chi connectivity index (χ3v) is 3.50. The van der Waals surface area contributed by atoms with Gasteiger partial charge in [-0.1, -0.05) is 13.0 Å². The summed E-state index contributed by atoms with van der Waals surface area (Å²) in [6.45, 7) is 4.41. The Hall–Kier alpha value is -0.420. The number of thiophene rings is 1. The van der Waals surface area contributed by atoms with E-state index < -0.39 is 0 Å². The quantitative estimate of drug-likeness (QED) is 0.836. The van der Waals surface area contributed by atoms with Crippen molar-refractivity contribution in [1.29, 1.82) is 0 Å². The molecular weight excluding hydrogens is 210 g/mol. The van der Waals surface area contributed by atoms with Crippen LogP contribution in [0, 0.1) is 0 Å². The summed E-state index contributed by atoms with van der Waals surface area (Å²) in [5, 5.41) is 5.59. The Bertz CT molecular complexity index is 270. The highest BCUT2D eigenvalue weighted by Crippen LogP contribution is 2.21. The summed E-state index contributed by atoms with van der Waals surface area (Å²) >= 11 is 1.79. The van der Waals surface area contributed by atoms with Crippen LogP contribution in [0.15, 0.2) is 17.5 Å². The average molecular weight is 227 g/mol. The van der Waals surface area contributed by atoms with Gasteiger partial charge >= 0.3 is 0 Å². The Balaban J connectivity index is 1.80. The van der Waals surface area contributed by atoms with Crippen molar-refractivity contribution in [2.45, 2.75) is 25.7 Å². The first-order valence-electron chi connectivity index (χ1n) is 5.40. The molecule has 1 aromatic heterocycles. The van der Waals surface area contributed by atoms with Crippen molar-refractivity contribution in [3.05, 3.63) is 22.4 Å². The minimum Gasteiger partial charge on any atom is -0.349 e. The van der Waals surface area contributed by atoms with E-state index in [0.29, 0.717) is 6.04 Å². The summed E-state index contributed by atoms with van der Waals surface area (Å²) in [7, 11) is 0. The van der Waals surface area contributed by atoms with Gasteiger partial charge in [-0.25, -0.2) is 0 Å². The van der Waals surface area contributed by atoms with Crippen LogP contribution in [0.25, 0.3) is 0 Å². The molecule has 0 aromatic carbocycles. The van der Waals surface area contributed by atoms with E-state index in [4.69, 9.17) is 9.47 Å². The normalized spacial score (nSPS) is 19.5. The molecule has 84 valence electrons. The smallest absolute Gasteiger partial charge is 0.170 e. The zero-order valence-corrected chi connectivity index (χ0v) is 9.76. The first-order chi connectivity index (χ1) is 7.40. The molecule has 0 aliphatic carbocycles. The summed E-state index contributed by atoms with van der Waals surface area (Å²) in [4.78, 5) is 1.38. The second kappa shape index (κ2) is 5.61. The molecule has 1 saturated heterocycles. The third kappa shape index (κ3) is 3.01. The molecule has 1 N–H and O–H groups in total. The molecule has 0 amide bonds. The van der Waals surface area contributed by atoms with Crippen molar-refractivity contribution >= 4 is 11.3 Å². The number of rotatable bonds is 5. The molecule has 1 aliphatic heterocycles. The molecule has 0 spiro atoms. The van der Waals surface area contributed by atoms with Gasteiger partial charge in [-0.3, -0.25) is 0 Å². The van der Waals surface area contributed by atoms with Gasteiger partial charge in [-0.05, 0) is 17.9 Å². The standard InChI is InChI=1S/C11H17NO2S/c1-2-9(10-4-3-7-15-10)12-8-11-13-5-6-14-11/h3-4,7,9,11-12H,2,5-6,8H2,1H3/t9-/m0/s1. The van der Waals surface area contributed by atoms with E-state index in [9.17, 15) is 0 Å². The zero-order chi connectivity index (χ0) is 10.5. The Morgan fingerprint density at radius 1 is 1.53 bits per heavy atom. The molecule has 1 fully saturated rings. The maximum Gasteiger partial charge on any atom is 0.170 e. The average Bonchev–Trinajstić information content (AvgIpc) is 2.90. The van der Waals surface area contributed by atoms with Gasteiger partial charge in [0.2, 0.25) is 0 Å². The fraction of sp³-hybridized carbons (Fsp3) is 0.636. The maximum atomic E-state index is 5.38. The first-order valence-corrected chi connectivity index (χ1v) is 6.28. The lowest BCUT2D eigenvalue weighted by Crippen LogP contribution is -2.30. The molecule has 0 radical (unpaired) electrons. The van der Waals surface area contributed by atoms with Gasteiger partial charge in [0.15, 0.2) is 6.29 Å². The van der Waals surface area contributed by atoms with Crippen molar-refractivity contribution < 1.29 is 9.47 Å². The Kier molecular flexibility index (Phi) is 4.14. The topological polar surface area (TPSA) is 30.5 Å². The Morgan fingerprint density at radius 2 is 2.33 bits per heavy atom. The minimum absolute atomic E-state index is 0.0565. The van der Waals surface area contributed by atoms with Crippen LogP contribution in [-0.4, -0.2) is 26.0 Å². The molecule has 1 atom stereocenters. The monoisotopic (exact) mass is 227 g/mol. The maximum absolute atomic E-state index is 5.38. The highest BCUT2D eigenvalue weighted by Gasteiger charge is 2.18. The van der Waals surface area contributed by atoms with E-state index in [1.165, 1.54) is 4.88 Å². The SMILES string of the molecule is CC[C@H](NCC1OCCO1)c1cccs1. The van der Waals surface area contributed by atoms with Crippen molar-refractivity contribution in [3.63, 3.8) is 0 Å². The number of nitrogens with one attached hydrogen (secondary N) is 1. The van der Waals surface area contributed by atoms with Gasteiger partial charge in [-0.2, -0.15) is 0 Å². The van der Waals surface area contributed by atoms with Gasteiger partial charge in [-0.15, -0.1) is 11.3 Å². The second-order valence-electron chi connectivity index (χ2n) is 3.56. The van der Waals surface area contributed by atoms with Crippen molar-refractivity contribution in [2.75, 3.05) is 19.8 Å². The van der Waals surface area contributed by atoms with Gasteiger partial charge in [0.1, 0.15) is 0 Å². The highest BCUT2D eigenvalue weighted by atomic mass is 32.1. The molecule has 3 nitrogen and oxygen atoms in total. The summed E-state index contributed by atoms with van der Waals surface area (Å²) in [6.07, 6.45) is 1.03. The van der Waals surface area contributed by atoms with E-state index in [2.05, 4.69) is 29.8 Å². The molecule has 1 aromatic rings. The predicted octanol–water partition coefficient (Wildman–Crippen LogP) is 2.16. The lowest BCUT2D eigenvalue weighted by Gasteiger charge is -2.17. The van der Waals surface area contributed by atoms with Crippen LogP contribution in [0.4, 0.5) is 0 Å². The Morgan fingerprint density at radius 3 is 2.93 bits per heavy atom.